The summed E-state index contributed by atoms with van der Waals surface area (Å²) in [5, 5.41) is 9.04. The molecule has 0 atom stereocenters. The minimum atomic E-state index is -0.0605. The van der Waals surface area contributed by atoms with Crippen molar-refractivity contribution in [2.45, 2.75) is 26.3 Å². The van der Waals surface area contributed by atoms with E-state index in [1.165, 1.54) is 0 Å². The zero-order chi connectivity index (χ0) is 13.1. The predicted molar refractivity (Wildman–Crippen MR) is 69.2 cm³/mol. The predicted octanol–water partition coefficient (Wildman–Crippen LogP) is 2.59. The van der Waals surface area contributed by atoms with Gasteiger partial charge in [0, 0.05) is 5.54 Å². The first-order chi connectivity index (χ1) is 7.88. The molecule has 0 aliphatic heterocycles. The summed E-state index contributed by atoms with van der Waals surface area (Å²) < 4.78 is 5.82. The van der Waals surface area contributed by atoms with Crippen molar-refractivity contribution in [2.24, 2.45) is 0 Å². The molecule has 92 valence electrons. The molecule has 3 heteroatoms. The summed E-state index contributed by atoms with van der Waals surface area (Å²) in [6, 6.07) is 7.78. The van der Waals surface area contributed by atoms with E-state index in [9.17, 15) is 0 Å². The number of likely N-dealkylation sites (N-methyl/N-ethyl adjacent to an activating group) is 1. The van der Waals surface area contributed by atoms with Crippen LogP contribution in [0.2, 0.25) is 0 Å². The van der Waals surface area contributed by atoms with Crippen LogP contribution < -0.4 is 4.74 Å². The Hall–Kier alpha value is -1.53. The smallest absolute Gasteiger partial charge is 0.140 e. The van der Waals surface area contributed by atoms with Crippen molar-refractivity contribution >= 4 is 0 Å². The van der Waals surface area contributed by atoms with Crippen molar-refractivity contribution < 1.29 is 4.74 Å². The van der Waals surface area contributed by atoms with Crippen LogP contribution in [0.3, 0.4) is 0 Å². The van der Waals surface area contributed by atoms with Crippen molar-refractivity contribution in [3.8, 4) is 11.8 Å². The SMILES string of the molecule is Cc1cccc(C#N)c1OCC(C)(C)N(C)C. The first-order valence-electron chi connectivity index (χ1n) is 5.68. The average molecular weight is 232 g/mol. The minimum Gasteiger partial charge on any atom is -0.490 e. The highest BCUT2D eigenvalue weighted by molar-refractivity contribution is 5.47. The zero-order valence-corrected chi connectivity index (χ0v) is 11.2. The summed E-state index contributed by atoms with van der Waals surface area (Å²) in [5.41, 5.74) is 1.54. The van der Waals surface area contributed by atoms with Crippen molar-refractivity contribution in [3.05, 3.63) is 29.3 Å². The molecule has 3 nitrogen and oxygen atoms in total. The van der Waals surface area contributed by atoms with E-state index in [4.69, 9.17) is 10.00 Å². The molecule has 0 saturated carbocycles. The molecule has 17 heavy (non-hydrogen) atoms. The van der Waals surface area contributed by atoms with E-state index < -0.39 is 0 Å². The largest absolute Gasteiger partial charge is 0.490 e. The first-order valence-corrected chi connectivity index (χ1v) is 5.68. The number of hydrogen-bond acceptors (Lipinski definition) is 3. The third kappa shape index (κ3) is 3.21. The summed E-state index contributed by atoms with van der Waals surface area (Å²) in [6.07, 6.45) is 0. The lowest BCUT2D eigenvalue weighted by molar-refractivity contribution is 0.113. The fourth-order valence-corrected chi connectivity index (χ4v) is 1.31. The minimum absolute atomic E-state index is 0.0605. The highest BCUT2D eigenvalue weighted by Crippen LogP contribution is 2.24. The second-order valence-electron chi connectivity index (χ2n) is 5.06. The quantitative estimate of drug-likeness (QED) is 0.800. The summed E-state index contributed by atoms with van der Waals surface area (Å²) in [6.45, 7) is 6.73. The number of hydrogen-bond donors (Lipinski definition) is 0. The number of benzene rings is 1. The molecule has 0 bridgehead atoms. The van der Waals surface area contributed by atoms with Crippen molar-refractivity contribution in [2.75, 3.05) is 20.7 Å². The van der Waals surface area contributed by atoms with E-state index in [0.29, 0.717) is 17.9 Å². The topological polar surface area (TPSA) is 36.3 Å². The maximum Gasteiger partial charge on any atom is 0.140 e. The number of ether oxygens (including phenoxy) is 1. The van der Waals surface area contributed by atoms with Crippen LogP contribution in [0.1, 0.15) is 25.0 Å². The normalized spacial score (nSPS) is 11.4. The van der Waals surface area contributed by atoms with Gasteiger partial charge in [0.05, 0.1) is 5.56 Å². The second kappa shape index (κ2) is 5.20. The highest BCUT2D eigenvalue weighted by Gasteiger charge is 2.22. The van der Waals surface area contributed by atoms with Crippen LogP contribution in [0.25, 0.3) is 0 Å². The first kappa shape index (κ1) is 13.5. The Morgan fingerprint density at radius 3 is 2.53 bits per heavy atom. The number of aryl methyl sites for hydroxylation is 1. The van der Waals surface area contributed by atoms with Crippen molar-refractivity contribution in [3.63, 3.8) is 0 Å². The van der Waals surface area contributed by atoms with E-state index in [0.717, 1.165) is 5.56 Å². The molecule has 0 radical (unpaired) electrons. The van der Waals surface area contributed by atoms with E-state index >= 15 is 0 Å². The zero-order valence-electron chi connectivity index (χ0n) is 11.2. The van der Waals surface area contributed by atoms with Crippen LogP contribution in [-0.4, -0.2) is 31.1 Å². The maximum atomic E-state index is 9.04. The monoisotopic (exact) mass is 232 g/mol. The summed E-state index contributed by atoms with van der Waals surface area (Å²) in [5.74, 6) is 0.699. The molecule has 0 saturated heterocycles. The van der Waals surface area contributed by atoms with Crippen LogP contribution in [-0.2, 0) is 0 Å². The van der Waals surface area contributed by atoms with Gasteiger partial charge in [0.1, 0.15) is 18.4 Å². The molecule has 0 heterocycles. The van der Waals surface area contributed by atoms with E-state index in [-0.39, 0.29) is 5.54 Å². The van der Waals surface area contributed by atoms with Crippen LogP contribution in [0, 0.1) is 18.3 Å². The van der Waals surface area contributed by atoms with Gasteiger partial charge in [0.2, 0.25) is 0 Å². The molecule has 0 unspecified atom stereocenters. The lowest BCUT2D eigenvalue weighted by Gasteiger charge is -2.32. The Labute approximate surface area is 104 Å². The number of para-hydroxylation sites is 1. The lowest BCUT2D eigenvalue weighted by Crippen LogP contribution is -2.43. The Balaban J connectivity index is 2.87. The van der Waals surface area contributed by atoms with Crippen molar-refractivity contribution in [1.29, 1.82) is 5.26 Å². The molecule has 1 aromatic rings. The number of nitrogens with zero attached hydrogens (tertiary/aromatic N) is 2. The van der Waals surface area contributed by atoms with Gasteiger partial charge in [-0.15, -0.1) is 0 Å². The molecular weight excluding hydrogens is 212 g/mol. The number of rotatable bonds is 4. The average Bonchev–Trinajstić information content (AvgIpc) is 2.26. The molecular formula is C14H20N2O. The number of nitriles is 1. The van der Waals surface area contributed by atoms with E-state index in [1.54, 1.807) is 6.07 Å². The fraction of sp³-hybridized carbons (Fsp3) is 0.500. The van der Waals surface area contributed by atoms with Gasteiger partial charge in [-0.2, -0.15) is 5.26 Å². The third-order valence-corrected chi connectivity index (χ3v) is 3.11. The molecule has 0 aliphatic rings. The van der Waals surface area contributed by atoms with Gasteiger partial charge in [-0.05, 0) is 46.5 Å². The van der Waals surface area contributed by atoms with E-state index in [2.05, 4.69) is 24.8 Å². The Morgan fingerprint density at radius 2 is 2.00 bits per heavy atom. The Kier molecular flexibility index (Phi) is 4.14. The Bertz CT molecular complexity index is 430. The van der Waals surface area contributed by atoms with Gasteiger partial charge in [-0.3, -0.25) is 0 Å². The molecule has 1 rings (SSSR count). The molecule has 0 aliphatic carbocycles. The molecule has 0 spiro atoms. The molecule has 1 aromatic carbocycles. The van der Waals surface area contributed by atoms with Gasteiger partial charge in [-0.25, -0.2) is 0 Å². The van der Waals surface area contributed by atoms with Gasteiger partial charge in [0.25, 0.3) is 0 Å². The highest BCUT2D eigenvalue weighted by atomic mass is 16.5. The van der Waals surface area contributed by atoms with E-state index in [1.807, 2.05) is 33.2 Å². The molecule has 0 N–H and O–H groups in total. The van der Waals surface area contributed by atoms with Crippen LogP contribution in [0.4, 0.5) is 0 Å². The third-order valence-electron chi connectivity index (χ3n) is 3.11. The van der Waals surface area contributed by atoms with Gasteiger partial charge >= 0.3 is 0 Å². The Morgan fingerprint density at radius 1 is 1.35 bits per heavy atom. The van der Waals surface area contributed by atoms with Gasteiger partial charge in [0.15, 0.2) is 0 Å². The molecule has 0 aromatic heterocycles. The maximum absolute atomic E-state index is 9.04. The van der Waals surface area contributed by atoms with Crippen LogP contribution >= 0.6 is 0 Å². The van der Waals surface area contributed by atoms with Crippen LogP contribution in [0.5, 0.6) is 5.75 Å². The standard InChI is InChI=1S/C14H20N2O/c1-11-7-6-8-12(9-15)13(11)17-10-14(2,3)16(4)5/h6-8H,10H2,1-5H3. The second-order valence-corrected chi connectivity index (χ2v) is 5.06. The summed E-state index contributed by atoms with van der Waals surface area (Å²) in [7, 11) is 4.04. The van der Waals surface area contributed by atoms with Crippen LogP contribution in [0.15, 0.2) is 18.2 Å². The molecule has 0 fully saturated rings. The van der Waals surface area contributed by atoms with Crippen molar-refractivity contribution in [1.82, 2.24) is 4.90 Å². The summed E-state index contributed by atoms with van der Waals surface area (Å²) >= 11 is 0. The fourth-order valence-electron chi connectivity index (χ4n) is 1.31. The molecule has 0 amide bonds. The summed E-state index contributed by atoms with van der Waals surface area (Å²) in [4.78, 5) is 2.11. The lowest BCUT2D eigenvalue weighted by atomic mass is 10.1. The van der Waals surface area contributed by atoms with Gasteiger partial charge < -0.3 is 9.64 Å². The van der Waals surface area contributed by atoms with Gasteiger partial charge in [-0.1, -0.05) is 12.1 Å².